The molecule has 4 aromatic rings. The molecule has 0 saturated carbocycles. The first kappa shape index (κ1) is 18.4. The summed E-state index contributed by atoms with van der Waals surface area (Å²) in [6, 6.07) is 25.4. The van der Waals surface area contributed by atoms with Gasteiger partial charge in [-0.25, -0.2) is 9.97 Å². The average Bonchev–Trinajstić information content (AvgIpc) is 2.72. The number of aryl methyl sites for hydroxylation is 2. The molecule has 4 heteroatoms. The molecule has 0 amide bonds. The van der Waals surface area contributed by atoms with E-state index >= 15 is 0 Å². The largest absolute Gasteiger partial charge is 0.293 e. The van der Waals surface area contributed by atoms with Gasteiger partial charge in [0, 0.05) is 16.6 Å². The van der Waals surface area contributed by atoms with E-state index < -0.39 is 5.25 Å². The molecule has 0 bridgehead atoms. The number of benzene rings is 3. The van der Waals surface area contributed by atoms with Crippen LogP contribution in [-0.4, -0.2) is 15.8 Å². The van der Waals surface area contributed by atoms with Gasteiger partial charge >= 0.3 is 0 Å². The van der Waals surface area contributed by atoms with Gasteiger partial charge in [0.2, 0.25) is 0 Å². The molecule has 0 saturated heterocycles. The van der Waals surface area contributed by atoms with Gasteiger partial charge in [-0.05, 0) is 31.0 Å². The first-order chi connectivity index (χ1) is 13.6. The third-order valence-electron chi connectivity index (χ3n) is 4.64. The Labute approximate surface area is 168 Å². The van der Waals surface area contributed by atoms with Crippen LogP contribution in [-0.2, 0) is 0 Å². The second-order valence-corrected chi connectivity index (χ2v) is 7.82. The van der Waals surface area contributed by atoms with Gasteiger partial charge in [0.05, 0.1) is 5.52 Å². The number of rotatable bonds is 5. The highest BCUT2D eigenvalue weighted by Gasteiger charge is 2.24. The van der Waals surface area contributed by atoms with Crippen molar-refractivity contribution in [3.05, 3.63) is 101 Å². The number of nitrogens with zero attached hydrogens (tertiary/aromatic N) is 2. The molecule has 0 aliphatic carbocycles. The molecule has 1 heterocycles. The van der Waals surface area contributed by atoms with Gasteiger partial charge in [-0.15, -0.1) is 0 Å². The molecule has 0 unspecified atom stereocenters. The van der Waals surface area contributed by atoms with Gasteiger partial charge in [-0.1, -0.05) is 84.6 Å². The van der Waals surface area contributed by atoms with Crippen LogP contribution in [0.15, 0.2) is 84.0 Å². The number of ketones is 1. The first-order valence-electron chi connectivity index (χ1n) is 9.18. The summed E-state index contributed by atoms with van der Waals surface area (Å²) >= 11 is 1.41. The molecule has 3 nitrogen and oxygen atoms in total. The van der Waals surface area contributed by atoms with Gasteiger partial charge in [0.15, 0.2) is 10.9 Å². The van der Waals surface area contributed by atoms with E-state index in [4.69, 9.17) is 4.98 Å². The van der Waals surface area contributed by atoms with Crippen molar-refractivity contribution in [1.29, 1.82) is 0 Å². The standard InChI is InChI=1S/C24H20N2OS/c1-16-13-14-20-17(2)25-24(26-21(20)15-16)28-23(19-11-7-4-8-12-19)22(27)18-9-5-3-6-10-18/h3-15,23H,1-2H3/t23-/m0/s1. The molecule has 0 aliphatic rings. The minimum absolute atomic E-state index is 0.0578. The number of carbonyl (C=O) groups excluding carboxylic acids is 1. The van der Waals surface area contributed by atoms with Crippen molar-refractivity contribution in [2.75, 3.05) is 0 Å². The monoisotopic (exact) mass is 384 g/mol. The van der Waals surface area contributed by atoms with Gasteiger partial charge in [-0.3, -0.25) is 4.79 Å². The lowest BCUT2D eigenvalue weighted by atomic mass is 10.0. The van der Waals surface area contributed by atoms with E-state index in [1.54, 1.807) is 0 Å². The second-order valence-electron chi connectivity index (χ2n) is 6.75. The van der Waals surface area contributed by atoms with E-state index in [9.17, 15) is 4.79 Å². The Morgan fingerprint density at radius 3 is 2.25 bits per heavy atom. The number of thioether (sulfide) groups is 1. The summed E-state index contributed by atoms with van der Waals surface area (Å²) in [6.45, 7) is 4.04. The van der Waals surface area contributed by atoms with Crippen LogP contribution < -0.4 is 0 Å². The Hall–Kier alpha value is -2.98. The Morgan fingerprint density at radius 1 is 0.857 bits per heavy atom. The fourth-order valence-corrected chi connectivity index (χ4v) is 4.27. The fraction of sp³-hybridized carbons (Fsp3) is 0.125. The van der Waals surface area contributed by atoms with Crippen LogP contribution in [0.3, 0.4) is 0 Å². The summed E-state index contributed by atoms with van der Waals surface area (Å²) < 4.78 is 0. The Balaban J connectivity index is 1.76. The molecular formula is C24H20N2OS. The van der Waals surface area contributed by atoms with E-state index in [-0.39, 0.29) is 5.78 Å². The van der Waals surface area contributed by atoms with E-state index in [1.807, 2.05) is 67.6 Å². The first-order valence-corrected chi connectivity index (χ1v) is 10.1. The highest BCUT2D eigenvalue weighted by Crippen LogP contribution is 2.37. The Kier molecular flexibility index (Phi) is 5.22. The van der Waals surface area contributed by atoms with Crippen LogP contribution >= 0.6 is 11.8 Å². The van der Waals surface area contributed by atoms with Crippen LogP contribution in [0.25, 0.3) is 10.9 Å². The SMILES string of the molecule is Cc1ccc2c(C)nc(S[C@H](C(=O)c3ccccc3)c3ccccc3)nc2c1. The van der Waals surface area contributed by atoms with Crippen molar-refractivity contribution >= 4 is 28.4 Å². The molecule has 0 spiro atoms. The maximum atomic E-state index is 13.3. The number of aromatic nitrogens is 2. The third-order valence-corrected chi connectivity index (χ3v) is 5.76. The number of Topliss-reactive ketones (excluding diaryl/α,β-unsaturated/α-hetero) is 1. The van der Waals surface area contributed by atoms with Crippen LogP contribution in [0.5, 0.6) is 0 Å². The summed E-state index contributed by atoms with van der Waals surface area (Å²) in [6.07, 6.45) is 0. The lowest BCUT2D eigenvalue weighted by Crippen LogP contribution is -2.11. The van der Waals surface area contributed by atoms with Crippen LogP contribution in [0.2, 0.25) is 0 Å². The summed E-state index contributed by atoms with van der Waals surface area (Å²) in [5.74, 6) is 0.0578. The number of hydrogen-bond donors (Lipinski definition) is 0. The van der Waals surface area contributed by atoms with Crippen LogP contribution in [0.1, 0.15) is 32.4 Å². The van der Waals surface area contributed by atoms with Crippen LogP contribution in [0.4, 0.5) is 0 Å². The van der Waals surface area contributed by atoms with Crippen molar-refractivity contribution in [2.45, 2.75) is 24.3 Å². The maximum Gasteiger partial charge on any atom is 0.189 e. The number of carbonyl (C=O) groups is 1. The molecule has 138 valence electrons. The molecule has 0 aliphatic heterocycles. The molecule has 0 radical (unpaired) electrons. The topological polar surface area (TPSA) is 42.9 Å². The lowest BCUT2D eigenvalue weighted by molar-refractivity contribution is 0.0989. The minimum atomic E-state index is -0.398. The average molecular weight is 385 g/mol. The van der Waals surface area contributed by atoms with E-state index in [2.05, 4.69) is 30.1 Å². The van der Waals surface area contributed by atoms with Gasteiger partial charge in [0.1, 0.15) is 5.25 Å². The molecule has 0 N–H and O–H groups in total. The molecule has 3 aromatic carbocycles. The van der Waals surface area contributed by atoms with E-state index in [0.717, 1.165) is 27.7 Å². The predicted molar refractivity (Wildman–Crippen MR) is 115 cm³/mol. The van der Waals surface area contributed by atoms with Gasteiger partial charge in [0.25, 0.3) is 0 Å². The van der Waals surface area contributed by atoms with Crippen molar-refractivity contribution in [3.8, 4) is 0 Å². The summed E-state index contributed by atoms with van der Waals surface area (Å²) in [5, 5.41) is 1.26. The zero-order valence-corrected chi connectivity index (χ0v) is 16.6. The lowest BCUT2D eigenvalue weighted by Gasteiger charge is -2.16. The molecule has 1 aromatic heterocycles. The molecule has 1 atom stereocenters. The molecule has 28 heavy (non-hydrogen) atoms. The summed E-state index contributed by atoms with van der Waals surface area (Å²) in [4.78, 5) is 22.7. The molecule has 4 rings (SSSR count). The van der Waals surface area contributed by atoms with E-state index in [1.165, 1.54) is 11.8 Å². The van der Waals surface area contributed by atoms with Crippen molar-refractivity contribution < 1.29 is 4.79 Å². The minimum Gasteiger partial charge on any atom is -0.293 e. The Bertz CT molecular complexity index is 1130. The van der Waals surface area contributed by atoms with Crippen molar-refractivity contribution in [3.63, 3.8) is 0 Å². The highest BCUT2D eigenvalue weighted by molar-refractivity contribution is 8.00. The maximum absolute atomic E-state index is 13.3. The van der Waals surface area contributed by atoms with Crippen LogP contribution in [0, 0.1) is 13.8 Å². The Morgan fingerprint density at radius 2 is 1.54 bits per heavy atom. The third kappa shape index (κ3) is 3.82. The normalized spacial score (nSPS) is 12.1. The fourth-order valence-electron chi connectivity index (χ4n) is 3.18. The van der Waals surface area contributed by atoms with Gasteiger partial charge in [-0.2, -0.15) is 0 Å². The quantitative estimate of drug-likeness (QED) is 0.242. The number of hydrogen-bond acceptors (Lipinski definition) is 4. The second kappa shape index (κ2) is 7.95. The van der Waals surface area contributed by atoms with Crippen molar-refractivity contribution in [1.82, 2.24) is 9.97 Å². The van der Waals surface area contributed by atoms with Gasteiger partial charge < -0.3 is 0 Å². The predicted octanol–water partition coefficient (Wildman–Crippen LogP) is 5.96. The summed E-state index contributed by atoms with van der Waals surface area (Å²) in [5.41, 5.74) is 4.63. The van der Waals surface area contributed by atoms with E-state index in [0.29, 0.717) is 10.7 Å². The zero-order chi connectivity index (χ0) is 19.5. The summed E-state index contributed by atoms with van der Waals surface area (Å²) in [7, 11) is 0. The zero-order valence-electron chi connectivity index (χ0n) is 15.8. The number of fused-ring (bicyclic) bond motifs is 1. The molecule has 0 fully saturated rings. The van der Waals surface area contributed by atoms with Crippen molar-refractivity contribution in [2.24, 2.45) is 0 Å². The molecular weight excluding hydrogens is 364 g/mol. The smallest absolute Gasteiger partial charge is 0.189 e. The highest BCUT2D eigenvalue weighted by atomic mass is 32.2.